The predicted octanol–water partition coefficient (Wildman–Crippen LogP) is 4.25. The summed E-state index contributed by atoms with van der Waals surface area (Å²) >= 11 is 6.34. The van der Waals surface area contributed by atoms with Crippen molar-refractivity contribution in [2.24, 2.45) is 16.9 Å². The lowest BCUT2D eigenvalue weighted by Crippen LogP contribution is -2.35. The van der Waals surface area contributed by atoms with Crippen LogP contribution in [0.25, 0.3) is 0 Å². The summed E-state index contributed by atoms with van der Waals surface area (Å²) in [5.41, 5.74) is 5.60. The lowest BCUT2D eigenvalue weighted by atomic mass is 9.85. The number of halogens is 1. The first-order valence-corrected chi connectivity index (χ1v) is 8.39. The highest BCUT2D eigenvalue weighted by Crippen LogP contribution is 2.35. The number of carbonyl (C=O) groups is 1. The Kier molecular flexibility index (Phi) is 4.86. The van der Waals surface area contributed by atoms with Crippen LogP contribution in [0.2, 0.25) is 5.02 Å². The zero-order chi connectivity index (χ0) is 17.1. The molecule has 124 valence electrons. The van der Waals surface area contributed by atoms with Crippen molar-refractivity contribution < 1.29 is 4.79 Å². The molecule has 2 unspecified atom stereocenters. The second kappa shape index (κ2) is 7.05. The van der Waals surface area contributed by atoms with Gasteiger partial charge in [-0.1, -0.05) is 61.8 Å². The van der Waals surface area contributed by atoms with Gasteiger partial charge in [-0.05, 0) is 29.7 Å². The van der Waals surface area contributed by atoms with E-state index in [-0.39, 0.29) is 17.9 Å². The van der Waals surface area contributed by atoms with Crippen LogP contribution in [0.4, 0.5) is 5.69 Å². The summed E-state index contributed by atoms with van der Waals surface area (Å²) in [6.07, 6.45) is 0. The Morgan fingerprint density at radius 2 is 1.79 bits per heavy atom. The van der Waals surface area contributed by atoms with Gasteiger partial charge in [-0.25, -0.2) is 0 Å². The fourth-order valence-electron chi connectivity index (χ4n) is 2.95. The number of nitrogens with zero attached hydrogens (tertiary/aromatic N) is 1. The largest absolute Gasteiger partial charge is 0.325 e. The third-order valence-electron chi connectivity index (χ3n) is 4.14. The van der Waals surface area contributed by atoms with E-state index in [4.69, 9.17) is 11.6 Å². The van der Waals surface area contributed by atoms with Crippen molar-refractivity contribution in [2.45, 2.75) is 19.9 Å². The second-order valence-corrected chi connectivity index (χ2v) is 6.56. The minimum absolute atomic E-state index is 0.0800. The van der Waals surface area contributed by atoms with Crippen molar-refractivity contribution >= 4 is 28.9 Å². The monoisotopic (exact) mass is 341 g/mol. The maximum atomic E-state index is 12.9. The molecule has 1 aliphatic heterocycles. The smallest absolute Gasteiger partial charge is 0.235 e. The number of hydrogen-bond acceptors (Lipinski definition) is 3. The van der Waals surface area contributed by atoms with E-state index in [1.165, 1.54) is 0 Å². The molecule has 0 saturated heterocycles. The first kappa shape index (κ1) is 16.5. The number of benzene rings is 2. The van der Waals surface area contributed by atoms with Gasteiger partial charge in [0.15, 0.2) is 0 Å². The predicted molar refractivity (Wildman–Crippen MR) is 98.2 cm³/mol. The third kappa shape index (κ3) is 3.29. The molecular formula is C19H20ClN3O. The van der Waals surface area contributed by atoms with Crippen molar-refractivity contribution in [2.75, 3.05) is 5.32 Å². The number of rotatable bonds is 4. The second-order valence-electron chi connectivity index (χ2n) is 6.15. The van der Waals surface area contributed by atoms with Crippen LogP contribution in [0.15, 0.2) is 59.7 Å². The SMILES string of the molecule is CC(C)C1=NNC(c2ccccc2Cl)C1C(=O)Nc1ccccc1. The van der Waals surface area contributed by atoms with Crippen molar-refractivity contribution in [3.63, 3.8) is 0 Å². The molecule has 1 heterocycles. The Balaban J connectivity index is 1.91. The van der Waals surface area contributed by atoms with E-state index in [0.29, 0.717) is 5.02 Å². The summed E-state index contributed by atoms with van der Waals surface area (Å²) in [5, 5.41) is 8.04. The van der Waals surface area contributed by atoms with Gasteiger partial charge in [0.05, 0.1) is 11.8 Å². The Hall–Kier alpha value is -2.33. The minimum Gasteiger partial charge on any atom is -0.325 e. The number of carbonyl (C=O) groups excluding carboxylic acids is 1. The van der Waals surface area contributed by atoms with Gasteiger partial charge in [0.2, 0.25) is 5.91 Å². The van der Waals surface area contributed by atoms with Crippen LogP contribution in [-0.2, 0) is 4.79 Å². The fraction of sp³-hybridized carbons (Fsp3) is 0.263. The molecule has 0 aliphatic carbocycles. The van der Waals surface area contributed by atoms with Gasteiger partial charge in [0, 0.05) is 10.7 Å². The highest BCUT2D eigenvalue weighted by atomic mass is 35.5. The zero-order valence-corrected chi connectivity index (χ0v) is 14.4. The molecule has 0 saturated carbocycles. The summed E-state index contributed by atoms with van der Waals surface area (Å²) in [6, 6.07) is 16.7. The van der Waals surface area contributed by atoms with Crippen molar-refractivity contribution in [1.82, 2.24) is 5.43 Å². The van der Waals surface area contributed by atoms with E-state index in [9.17, 15) is 4.79 Å². The molecule has 0 radical (unpaired) electrons. The summed E-state index contributed by atoms with van der Waals surface area (Å²) in [4.78, 5) is 12.9. The average Bonchev–Trinajstić information content (AvgIpc) is 3.01. The first-order valence-electron chi connectivity index (χ1n) is 8.01. The first-order chi connectivity index (χ1) is 11.6. The van der Waals surface area contributed by atoms with Crippen molar-refractivity contribution in [3.8, 4) is 0 Å². The molecule has 1 aliphatic rings. The zero-order valence-electron chi connectivity index (χ0n) is 13.7. The van der Waals surface area contributed by atoms with Crippen LogP contribution in [0, 0.1) is 11.8 Å². The maximum Gasteiger partial charge on any atom is 0.235 e. The van der Waals surface area contributed by atoms with Crippen LogP contribution in [0.5, 0.6) is 0 Å². The van der Waals surface area contributed by atoms with E-state index in [0.717, 1.165) is 17.0 Å². The van der Waals surface area contributed by atoms with Crippen molar-refractivity contribution in [3.05, 3.63) is 65.2 Å². The standard InChI is InChI=1S/C19H20ClN3O/c1-12(2)17-16(19(24)21-13-8-4-3-5-9-13)18(23-22-17)14-10-6-7-11-15(14)20/h3-12,16,18,23H,1-2H3,(H,21,24). The van der Waals surface area contributed by atoms with Gasteiger partial charge in [0.25, 0.3) is 0 Å². The molecular weight excluding hydrogens is 322 g/mol. The Morgan fingerprint density at radius 3 is 2.46 bits per heavy atom. The summed E-state index contributed by atoms with van der Waals surface area (Å²) in [5.74, 6) is -0.315. The van der Waals surface area contributed by atoms with Crippen molar-refractivity contribution in [1.29, 1.82) is 0 Å². The lowest BCUT2D eigenvalue weighted by Gasteiger charge is -2.22. The number of para-hydroxylation sites is 1. The van der Waals surface area contributed by atoms with Gasteiger partial charge in [-0.3, -0.25) is 4.79 Å². The minimum atomic E-state index is -0.398. The molecule has 5 heteroatoms. The molecule has 2 aromatic carbocycles. The molecule has 4 nitrogen and oxygen atoms in total. The van der Waals surface area contributed by atoms with E-state index < -0.39 is 5.92 Å². The fourth-order valence-corrected chi connectivity index (χ4v) is 3.20. The third-order valence-corrected chi connectivity index (χ3v) is 4.48. The van der Waals surface area contributed by atoms with E-state index in [1.54, 1.807) is 0 Å². The highest BCUT2D eigenvalue weighted by molar-refractivity contribution is 6.31. The molecule has 2 aromatic rings. The number of amides is 1. The van der Waals surface area contributed by atoms with Crippen LogP contribution in [-0.4, -0.2) is 11.6 Å². The Labute approximate surface area is 146 Å². The summed E-state index contributed by atoms with van der Waals surface area (Å²) < 4.78 is 0. The maximum absolute atomic E-state index is 12.9. The van der Waals surface area contributed by atoms with Crippen LogP contribution < -0.4 is 10.7 Å². The highest BCUT2D eigenvalue weighted by Gasteiger charge is 2.40. The summed E-state index contributed by atoms with van der Waals surface area (Å²) in [6.45, 7) is 4.08. The number of hydrazone groups is 1. The topological polar surface area (TPSA) is 53.5 Å². The molecule has 0 aromatic heterocycles. The molecule has 0 bridgehead atoms. The molecule has 0 fully saturated rings. The van der Waals surface area contributed by atoms with Crippen LogP contribution >= 0.6 is 11.6 Å². The Morgan fingerprint density at radius 1 is 1.12 bits per heavy atom. The Bertz CT molecular complexity index is 758. The summed E-state index contributed by atoms with van der Waals surface area (Å²) in [7, 11) is 0. The number of nitrogens with one attached hydrogen (secondary N) is 2. The molecule has 1 amide bonds. The molecule has 3 rings (SSSR count). The number of anilines is 1. The molecule has 2 atom stereocenters. The van der Waals surface area contributed by atoms with Gasteiger partial charge < -0.3 is 10.7 Å². The van der Waals surface area contributed by atoms with E-state index in [2.05, 4.69) is 15.8 Å². The van der Waals surface area contributed by atoms with Gasteiger partial charge in [-0.2, -0.15) is 5.10 Å². The van der Waals surface area contributed by atoms with Crippen LogP contribution in [0.1, 0.15) is 25.5 Å². The van der Waals surface area contributed by atoms with E-state index in [1.807, 2.05) is 68.4 Å². The molecule has 0 spiro atoms. The number of hydrogen-bond donors (Lipinski definition) is 2. The molecule has 24 heavy (non-hydrogen) atoms. The van der Waals surface area contributed by atoms with Gasteiger partial charge >= 0.3 is 0 Å². The van der Waals surface area contributed by atoms with E-state index >= 15 is 0 Å². The van der Waals surface area contributed by atoms with Crippen LogP contribution in [0.3, 0.4) is 0 Å². The van der Waals surface area contributed by atoms with Gasteiger partial charge in [0.1, 0.15) is 5.92 Å². The normalized spacial score (nSPS) is 19.8. The lowest BCUT2D eigenvalue weighted by molar-refractivity contribution is -0.118. The quantitative estimate of drug-likeness (QED) is 0.873. The van der Waals surface area contributed by atoms with Gasteiger partial charge in [-0.15, -0.1) is 0 Å². The molecule has 2 N–H and O–H groups in total. The average molecular weight is 342 g/mol.